The molecule has 0 bridgehead atoms. The number of aromatic hydroxyl groups is 2. The Morgan fingerprint density at radius 2 is 1.52 bits per heavy atom. The highest BCUT2D eigenvalue weighted by Gasteiger charge is 2.11. The van der Waals surface area contributed by atoms with Crippen LogP contribution < -0.4 is 0 Å². The van der Waals surface area contributed by atoms with Crippen LogP contribution in [0.5, 0.6) is 11.5 Å². The van der Waals surface area contributed by atoms with Crippen LogP contribution in [-0.2, 0) is 0 Å². The summed E-state index contributed by atoms with van der Waals surface area (Å²) >= 11 is 1.56. The Labute approximate surface area is 178 Å². The molecule has 0 heterocycles. The standard InChI is InChI=1S/C25H32O3S/c1-2-3-4-5-6-7-8-12-19-29-23-18-16-21(24(27)25(23)28)15-17-22(26)20-13-10-9-11-14-20/h9-11,13-18,27-28H,2-8,12,19H2,1H3. The lowest BCUT2D eigenvalue weighted by molar-refractivity contribution is 0.104. The Hall–Kier alpha value is -2.20. The smallest absolute Gasteiger partial charge is 0.185 e. The fraction of sp³-hybridized carbons (Fsp3) is 0.400. The van der Waals surface area contributed by atoms with Crippen LogP contribution in [0.4, 0.5) is 0 Å². The number of hydrogen-bond acceptors (Lipinski definition) is 4. The first-order chi connectivity index (χ1) is 14.1. The maximum atomic E-state index is 12.1. The first kappa shape index (κ1) is 23.1. The molecule has 0 saturated carbocycles. The molecule has 4 heteroatoms. The summed E-state index contributed by atoms with van der Waals surface area (Å²) in [5.41, 5.74) is 1.02. The summed E-state index contributed by atoms with van der Waals surface area (Å²) in [6.07, 6.45) is 13.1. The van der Waals surface area contributed by atoms with Crippen LogP contribution in [0.15, 0.2) is 53.4 Å². The maximum Gasteiger partial charge on any atom is 0.185 e. The average molecular weight is 413 g/mol. The highest BCUT2D eigenvalue weighted by Crippen LogP contribution is 2.39. The van der Waals surface area contributed by atoms with Crippen molar-refractivity contribution < 1.29 is 15.0 Å². The number of thioether (sulfide) groups is 1. The molecule has 0 amide bonds. The average Bonchev–Trinajstić information content (AvgIpc) is 2.75. The van der Waals surface area contributed by atoms with Gasteiger partial charge in [0.15, 0.2) is 17.3 Å². The molecule has 29 heavy (non-hydrogen) atoms. The van der Waals surface area contributed by atoms with Crippen LogP contribution in [0.1, 0.15) is 74.2 Å². The summed E-state index contributed by atoms with van der Waals surface area (Å²) in [6, 6.07) is 12.5. The molecule has 0 fully saturated rings. The van der Waals surface area contributed by atoms with Crippen LogP contribution in [0, 0.1) is 0 Å². The lowest BCUT2D eigenvalue weighted by Gasteiger charge is -2.08. The number of phenolic OH excluding ortho intramolecular Hbond substituents is 2. The molecule has 2 rings (SSSR count). The van der Waals surface area contributed by atoms with E-state index in [-0.39, 0.29) is 17.3 Å². The fourth-order valence-electron chi connectivity index (χ4n) is 3.11. The van der Waals surface area contributed by atoms with E-state index in [2.05, 4.69) is 6.92 Å². The van der Waals surface area contributed by atoms with E-state index in [0.29, 0.717) is 16.0 Å². The Bertz CT molecular complexity index is 784. The topological polar surface area (TPSA) is 57.5 Å². The summed E-state index contributed by atoms with van der Waals surface area (Å²) < 4.78 is 0. The van der Waals surface area contributed by atoms with E-state index in [1.54, 1.807) is 36.0 Å². The molecule has 0 unspecified atom stereocenters. The molecule has 2 aromatic carbocycles. The first-order valence-corrected chi connectivity index (χ1v) is 11.6. The third-order valence-electron chi connectivity index (χ3n) is 4.87. The molecule has 156 valence electrons. The summed E-state index contributed by atoms with van der Waals surface area (Å²) in [7, 11) is 0. The van der Waals surface area contributed by atoms with Crippen molar-refractivity contribution in [3.8, 4) is 11.5 Å². The molecule has 0 aliphatic heterocycles. The van der Waals surface area contributed by atoms with E-state index < -0.39 is 0 Å². The van der Waals surface area contributed by atoms with Gasteiger partial charge in [-0.25, -0.2) is 0 Å². The third kappa shape index (κ3) is 7.98. The molecule has 0 aliphatic rings. The number of hydrogen-bond donors (Lipinski definition) is 2. The van der Waals surface area contributed by atoms with Crippen molar-refractivity contribution in [1.82, 2.24) is 0 Å². The lowest BCUT2D eigenvalue weighted by atomic mass is 10.1. The van der Waals surface area contributed by atoms with Crippen LogP contribution in [0.3, 0.4) is 0 Å². The van der Waals surface area contributed by atoms with Gasteiger partial charge in [-0.2, -0.15) is 0 Å². The minimum atomic E-state index is -0.178. The number of rotatable bonds is 13. The number of benzene rings is 2. The Morgan fingerprint density at radius 1 is 0.862 bits per heavy atom. The van der Waals surface area contributed by atoms with Gasteiger partial charge in [0.1, 0.15) is 0 Å². The van der Waals surface area contributed by atoms with Gasteiger partial charge in [-0.3, -0.25) is 4.79 Å². The molecular weight excluding hydrogens is 380 g/mol. The minimum Gasteiger partial charge on any atom is -0.504 e. The van der Waals surface area contributed by atoms with Crippen molar-refractivity contribution in [2.24, 2.45) is 0 Å². The van der Waals surface area contributed by atoms with Gasteiger partial charge in [0.05, 0.1) is 4.90 Å². The fourth-order valence-corrected chi connectivity index (χ4v) is 4.08. The normalized spacial score (nSPS) is 11.2. The molecule has 0 spiro atoms. The highest BCUT2D eigenvalue weighted by molar-refractivity contribution is 7.99. The molecule has 0 aliphatic carbocycles. The minimum absolute atomic E-state index is 0.108. The van der Waals surface area contributed by atoms with Gasteiger partial charge in [0.2, 0.25) is 0 Å². The summed E-state index contributed by atoms with van der Waals surface area (Å²) in [5.74, 6) is 0.494. The van der Waals surface area contributed by atoms with Gasteiger partial charge in [-0.15, -0.1) is 11.8 Å². The second-order valence-corrected chi connectivity index (χ2v) is 8.37. The molecular formula is C25H32O3S. The van der Waals surface area contributed by atoms with Crippen LogP contribution in [0.2, 0.25) is 0 Å². The molecule has 3 nitrogen and oxygen atoms in total. The third-order valence-corrected chi connectivity index (χ3v) is 6.01. The summed E-state index contributed by atoms with van der Waals surface area (Å²) in [5, 5.41) is 20.6. The van der Waals surface area contributed by atoms with Crippen molar-refractivity contribution in [1.29, 1.82) is 0 Å². The van der Waals surface area contributed by atoms with E-state index in [0.717, 1.165) is 12.2 Å². The number of unbranched alkanes of at least 4 members (excludes halogenated alkanes) is 7. The number of carbonyl (C=O) groups excluding carboxylic acids is 1. The monoisotopic (exact) mass is 412 g/mol. The first-order valence-electron chi connectivity index (χ1n) is 10.6. The predicted octanol–water partition coefficient (Wildman–Crippen LogP) is 7.23. The number of allylic oxidation sites excluding steroid dienone is 1. The van der Waals surface area contributed by atoms with Crippen molar-refractivity contribution in [2.75, 3.05) is 5.75 Å². The molecule has 2 N–H and O–H groups in total. The SMILES string of the molecule is CCCCCCCCCCSc1ccc(C=CC(=O)c2ccccc2)c(O)c1O. The lowest BCUT2D eigenvalue weighted by Crippen LogP contribution is -1.92. The number of carbonyl (C=O) groups is 1. The molecule has 0 saturated heterocycles. The maximum absolute atomic E-state index is 12.1. The Kier molecular flexibility index (Phi) is 10.4. The Morgan fingerprint density at radius 3 is 2.21 bits per heavy atom. The quantitative estimate of drug-likeness (QED) is 0.120. The van der Waals surface area contributed by atoms with Crippen LogP contribution in [-0.4, -0.2) is 21.7 Å². The van der Waals surface area contributed by atoms with Gasteiger partial charge in [-0.05, 0) is 36.5 Å². The zero-order valence-electron chi connectivity index (χ0n) is 17.3. The summed E-state index contributed by atoms with van der Waals surface area (Å²) in [4.78, 5) is 12.8. The van der Waals surface area contributed by atoms with E-state index in [1.807, 2.05) is 18.2 Å². The second-order valence-electron chi connectivity index (χ2n) is 7.24. The van der Waals surface area contributed by atoms with Gasteiger partial charge in [-0.1, -0.05) is 82.2 Å². The van der Waals surface area contributed by atoms with Gasteiger partial charge >= 0.3 is 0 Å². The van der Waals surface area contributed by atoms with Gasteiger partial charge < -0.3 is 10.2 Å². The van der Waals surface area contributed by atoms with Crippen LogP contribution in [0.25, 0.3) is 6.08 Å². The van der Waals surface area contributed by atoms with Crippen molar-refractivity contribution in [3.63, 3.8) is 0 Å². The second kappa shape index (κ2) is 13.1. The highest BCUT2D eigenvalue weighted by atomic mass is 32.2. The zero-order valence-corrected chi connectivity index (χ0v) is 18.1. The number of phenols is 2. The van der Waals surface area contributed by atoms with Crippen molar-refractivity contribution >= 4 is 23.6 Å². The molecule has 0 radical (unpaired) electrons. The molecule has 0 aromatic heterocycles. The van der Waals surface area contributed by atoms with E-state index in [4.69, 9.17) is 0 Å². The Balaban J connectivity index is 1.80. The van der Waals surface area contributed by atoms with Crippen LogP contribution >= 0.6 is 11.8 Å². The van der Waals surface area contributed by atoms with E-state index >= 15 is 0 Å². The number of ketones is 1. The predicted molar refractivity (Wildman–Crippen MR) is 123 cm³/mol. The molecule has 0 atom stereocenters. The van der Waals surface area contributed by atoms with E-state index in [9.17, 15) is 15.0 Å². The summed E-state index contributed by atoms with van der Waals surface area (Å²) in [6.45, 7) is 2.23. The molecule has 2 aromatic rings. The van der Waals surface area contributed by atoms with Crippen molar-refractivity contribution in [3.05, 3.63) is 59.7 Å². The largest absolute Gasteiger partial charge is 0.504 e. The zero-order chi connectivity index (χ0) is 20.9. The van der Waals surface area contributed by atoms with Gasteiger partial charge in [0, 0.05) is 11.1 Å². The van der Waals surface area contributed by atoms with E-state index in [1.165, 1.54) is 57.1 Å². The van der Waals surface area contributed by atoms with Gasteiger partial charge in [0.25, 0.3) is 0 Å². The van der Waals surface area contributed by atoms with Crippen molar-refractivity contribution in [2.45, 2.75) is 63.2 Å².